The summed E-state index contributed by atoms with van der Waals surface area (Å²) in [4.78, 5) is 24.6. The van der Waals surface area contributed by atoms with Crippen LogP contribution in [0.3, 0.4) is 0 Å². The molecule has 0 bridgehead atoms. The summed E-state index contributed by atoms with van der Waals surface area (Å²) in [5.74, 6) is -0.0504. The minimum atomic E-state index is -1.12. The average molecular weight is 278 g/mol. The summed E-state index contributed by atoms with van der Waals surface area (Å²) >= 11 is 0. The van der Waals surface area contributed by atoms with Crippen LogP contribution in [0.1, 0.15) is 25.7 Å². The number of nitrogens with zero attached hydrogens (tertiary/aromatic N) is 1. The Labute approximate surface area is 113 Å². The number of hydrogen-bond donors (Lipinski definition) is 3. The van der Waals surface area contributed by atoms with Crippen molar-refractivity contribution < 1.29 is 14.7 Å². The highest BCUT2D eigenvalue weighted by Gasteiger charge is 2.34. The number of nitrogens with one attached hydrogen (secondary N) is 2. The molecule has 0 aromatic rings. The molecule has 2 heterocycles. The summed E-state index contributed by atoms with van der Waals surface area (Å²) in [5.41, 5.74) is 0. The van der Waals surface area contributed by atoms with Gasteiger partial charge in [-0.05, 0) is 38.8 Å². The van der Waals surface area contributed by atoms with Crippen molar-refractivity contribution >= 4 is 24.4 Å². The van der Waals surface area contributed by atoms with Crippen LogP contribution in [-0.4, -0.2) is 53.7 Å². The standard InChI is InChI=1S/C11H19N3O3.ClH/c15-10-9(13-11(16)17)2-1-7-14(10)8-3-5-12-6-4-8;/h8-9,12-13H,1-7H2,(H,16,17);1H. The van der Waals surface area contributed by atoms with E-state index in [2.05, 4.69) is 10.6 Å². The first kappa shape index (κ1) is 15.0. The van der Waals surface area contributed by atoms with Gasteiger partial charge in [0.2, 0.25) is 5.91 Å². The molecule has 0 saturated carbocycles. The summed E-state index contributed by atoms with van der Waals surface area (Å²) in [6.45, 7) is 2.64. The largest absolute Gasteiger partial charge is 0.465 e. The zero-order chi connectivity index (χ0) is 12.3. The molecule has 1 unspecified atom stereocenters. The molecule has 0 aliphatic carbocycles. The zero-order valence-corrected chi connectivity index (χ0v) is 11.0. The molecule has 104 valence electrons. The number of amides is 2. The lowest BCUT2D eigenvalue weighted by Crippen LogP contribution is -2.56. The highest BCUT2D eigenvalue weighted by Crippen LogP contribution is 2.19. The predicted molar refractivity (Wildman–Crippen MR) is 69.0 cm³/mol. The topological polar surface area (TPSA) is 81.7 Å². The summed E-state index contributed by atoms with van der Waals surface area (Å²) in [6.07, 6.45) is 2.31. The molecule has 2 amide bonds. The van der Waals surface area contributed by atoms with E-state index in [1.54, 1.807) is 0 Å². The minimum Gasteiger partial charge on any atom is -0.465 e. The van der Waals surface area contributed by atoms with Crippen molar-refractivity contribution in [1.29, 1.82) is 0 Å². The van der Waals surface area contributed by atoms with E-state index in [0.29, 0.717) is 6.42 Å². The Morgan fingerprint density at radius 1 is 1.33 bits per heavy atom. The molecule has 2 aliphatic rings. The molecular formula is C11H20ClN3O3. The van der Waals surface area contributed by atoms with Crippen LogP contribution in [0.25, 0.3) is 0 Å². The first-order valence-electron chi connectivity index (χ1n) is 6.19. The molecule has 1 atom stereocenters. The number of halogens is 1. The molecule has 3 N–H and O–H groups in total. The van der Waals surface area contributed by atoms with Crippen LogP contribution < -0.4 is 10.6 Å². The van der Waals surface area contributed by atoms with E-state index >= 15 is 0 Å². The van der Waals surface area contributed by atoms with E-state index in [1.165, 1.54) is 0 Å². The van der Waals surface area contributed by atoms with Crippen molar-refractivity contribution in [3.05, 3.63) is 0 Å². The van der Waals surface area contributed by atoms with Gasteiger partial charge in [-0.1, -0.05) is 0 Å². The van der Waals surface area contributed by atoms with Gasteiger partial charge in [-0.2, -0.15) is 0 Å². The SMILES string of the molecule is Cl.O=C(O)NC1CCCN(C2CCNCC2)C1=O. The molecule has 2 fully saturated rings. The first-order valence-corrected chi connectivity index (χ1v) is 6.19. The predicted octanol–water partition coefficient (Wildman–Crippen LogP) is 0.419. The molecule has 0 aromatic carbocycles. The van der Waals surface area contributed by atoms with Crippen LogP contribution in [0.4, 0.5) is 4.79 Å². The fraction of sp³-hybridized carbons (Fsp3) is 0.818. The Morgan fingerprint density at radius 2 is 2.00 bits per heavy atom. The van der Waals surface area contributed by atoms with E-state index in [0.717, 1.165) is 38.9 Å². The van der Waals surface area contributed by atoms with Crippen molar-refractivity contribution in [3.8, 4) is 0 Å². The number of carboxylic acid groups (broad SMARTS) is 1. The first-order chi connectivity index (χ1) is 8.18. The van der Waals surface area contributed by atoms with E-state index < -0.39 is 12.1 Å². The number of rotatable bonds is 2. The van der Waals surface area contributed by atoms with Gasteiger partial charge in [0.15, 0.2) is 0 Å². The van der Waals surface area contributed by atoms with Crippen molar-refractivity contribution in [1.82, 2.24) is 15.5 Å². The normalized spacial score (nSPS) is 25.4. The highest BCUT2D eigenvalue weighted by atomic mass is 35.5. The maximum atomic E-state index is 12.1. The Kier molecular flexibility index (Phi) is 5.68. The average Bonchev–Trinajstić information content (AvgIpc) is 2.32. The second-order valence-electron chi connectivity index (χ2n) is 4.66. The number of likely N-dealkylation sites (tertiary alicyclic amines) is 1. The van der Waals surface area contributed by atoms with Gasteiger partial charge in [-0.3, -0.25) is 4.79 Å². The smallest absolute Gasteiger partial charge is 0.405 e. The number of carbonyl (C=O) groups excluding carboxylic acids is 1. The zero-order valence-electron chi connectivity index (χ0n) is 10.2. The Hall–Kier alpha value is -1.01. The van der Waals surface area contributed by atoms with Crippen LogP contribution in [0, 0.1) is 0 Å². The fourth-order valence-corrected chi connectivity index (χ4v) is 2.66. The van der Waals surface area contributed by atoms with Crippen molar-refractivity contribution in [2.45, 2.75) is 37.8 Å². The molecule has 6 nitrogen and oxygen atoms in total. The van der Waals surface area contributed by atoms with E-state index in [-0.39, 0.29) is 24.4 Å². The monoisotopic (exact) mass is 277 g/mol. The van der Waals surface area contributed by atoms with Gasteiger partial charge in [0.1, 0.15) is 6.04 Å². The van der Waals surface area contributed by atoms with E-state index in [9.17, 15) is 9.59 Å². The quantitative estimate of drug-likeness (QED) is 0.683. The van der Waals surface area contributed by atoms with Crippen LogP contribution in [-0.2, 0) is 4.79 Å². The molecule has 0 radical (unpaired) electrons. The molecule has 2 saturated heterocycles. The Morgan fingerprint density at radius 3 is 2.61 bits per heavy atom. The third-order valence-corrected chi connectivity index (χ3v) is 3.52. The second kappa shape index (κ2) is 6.80. The molecule has 18 heavy (non-hydrogen) atoms. The maximum absolute atomic E-state index is 12.1. The lowest BCUT2D eigenvalue weighted by atomic mass is 9.98. The molecule has 7 heteroatoms. The summed E-state index contributed by atoms with van der Waals surface area (Å²) in [6, 6.07) is -0.265. The minimum absolute atomic E-state index is 0. The van der Waals surface area contributed by atoms with Gasteiger partial charge in [0.05, 0.1) is 0 Å². The highest BCUT2D eigenvalue weighted by molar-refractivity contribution is 5.86. The van der Waals surface area contributed by atoms with Gasteiger partial charge in [0.25, 0.3) is 0 Å². The lowest BCUT2D eigenvalue weighted by molar-refractivity contribution is -0.138. The molecular weight excluding hydrogens is 258 g/mol. The van der Waals surface area contributed by atoms with Crippen LogP contribution in [0.2, 0.25) is 0 Å². The third-order valence-electron chi connectivity index (χ3n) is 3.52. The van der Waals surface area contributed by atoms with Crippen molar-refractivity contribution in [2.75, 3.05) is 19.6 Å². The van der Waals surface area contributed by atoms with E-state index in [1.807, 2.05) is 4.90 Å². The van der Waals surface area contributed by atoms with Gasteiger partial charge in [-0.15, -0.1) is 12.4 Å². The maximum Gasteiger partial charge on any atom is 0.405 e. The Balaban J connectivity index is 0.00000162. The summed E-state index contributed by atoms with van der Waals surface area (Å²) in [7, 11) is 0. The second-order valence-corrected chi connectivity index (χ2v) is 4.66. The van der Waals surface area contributed by atoms with Gasteiger partial charge >= 0.3 is 6.09 Å². The number of hydrogen-bond acceptors (Lipinski definition) is 3. The molecule has 0 spiro atoms. The lowest BCUT2D eigenvalue weighted by Gasteiger charge is -2.39. The van der Waals surface area contributed by atoms with Crippen molar-refractivity contribution in [3.63, 3.8) is 0 Å². The summed E-state index contributed by atoms with van der Waals surface area (Å²) < 4.78 is 0. The Bertz CT molecular complexity index is 308. The van der Waals surface area contributed by atoms with Crippen molar-refractivity contribution in [2.24, 2.45) is 0 Å². The number of piperidine rings is 2. The van der Waals surface area contributed by atoms with E-state index in [4.69, 9.17) is 5.11 Å². The molecule has 2 rings (SSSR count). The number of carbonyl (C=O) groups is 2. The molecule has 2 aliphatic heterocycles. The van der Waals surface area contributed by atoms with Gasteiger partial charge in [-0.25, -0.2) is 4.79 Å². The van der Waals surface area contributed by atoms with Gasteiger partial charge < -0.3 is 20.6 Å². The third kappa shape index (κ3) is 3.49. The van der Waals surface area contributed by atoms with Gasteiger partial charge in [0, 0.05) is 12.6 Å². The van der Waals surface area contributed by atoms with Crippen LogP contribution in [0.15, 0.2) is 0 Å². The summed E-state index contributed by atoms with van der Waals surface area (Å²) in [5, 5.41) is 14.3. The molecule has 0 aromatic heterocycles. The fourth-order valence-electron chi connectivity index (χ4n) is 2.66. The van der Waals surface area contributed by atoms with Crippen LogP contribution in [0.5, 0.6) is 0 Å². The van der Waals surface area contributed by atoms with Crippen LogP contribution >= 0.6 is 12.4 Å².